The van der Waals surface area contributed by atoms with Crippen molar-refractivity contribution in [3.63, 3.8) is 0 Å². The fourth-order valence-electron chi connectivity index (χ4n) is 6.22. The molecule has 2 aliphatic rings. The van der Waals surface area contributed by atoms with Gasteiger partial charge < -0.3 is 30.5 Å². The molecule has 0 saturated heterocycles. The second-order valence-electron chi connectivity index (χ2n) is 11.8. The fourth-order valence-corrected chi connectivity index (χ4v) is 6.22. The van der Waals surface area contributed by atoms with Gasteiger partial charge in [-0.2, -0.15) is 0 Å². The van der Waals surface area contributed by atoms with Crippen LogP contribution in [0, 0.1) is 0 Å². The first-order valence-electron chi connectivity index (χ1n) is 14.2. The summed E-state index contributed by atoms with van der Waals surface area (Å²) in [5.41, 5.74) is 0.0610. The smallest absolute Gasteiger partial charge is 0.253 e. The molecule has 2 aromatic carbocycles. The lowest BCUT2D eigenvalue weighted by atomic mass is 9.90. The van der Waals surface area contributed by atoms with Gasteiger partial charge in [-0.15, -0.1) is 0 Å². The number of benzene rings is 2. The Morgan fingerprint density at radius 2 is 1.48 bits per heavy atom. The number of aromatic nitrogens is 2. The lowest BCUT2D eigenvalue weighted by Gasteiger charge is -2.33. The van der Waals surface area contributed by atoms with E-state index in [1.54, 1.807) is 6.20 Å². The number of fused-ring (bicyclic) bond motifs is 2. The van der Waals surface area contributed by atoms with E-state index in [1.165, 1.54) is 12.1 Å². The lowest BCUT2D eigenvalue weighted by Crippen LogP contribution is -2.42. The van der Waals surface area contributed by atoms with Gasteiger partial charge in [-0.3, -0.25) is 14.4 Å². The molecule has 1 aromatic heterocycles. The van der Waals surface area contributed by atoms with Crippen LogP contribution in [0.4, 0.5) is 0 Å². The summed E-state index contributed by atoms with van der Waals surface area (Å²) in [7, 11) is 8.35. The van der Waals surface area contributed by atoms with Crippen molar-refractivity contribution in [2.75, 3.05) is 28.2 Å². The number of amides is 1. The number of phenols is 1. The Balaban J connectivity index is 1.47. The summed E-state index contributed by atoms with van der Waals surface area (Å²) < 4.78 is 0. The Bertz CT molecular complexity index is 1570. The first kappa shape index (κ1) is 28.0. The first-order chi connectivity index (χ1) is 19.1. The van der Waals surface area contributed by atoms with Crippen LogP contribution < -0.4 is 26.7 Å². The summed E-state index contributed by atoms with van der Waals surface area (Å²) in [5, 5.41) is 17.5. The van der Waals surface area contributed by atoms with Crippen molar-refractivity contribution in [3.05, 3.63) is 49.4 Å². The largest absolute Gasteiger partial charge is 0.507 e. The highest BCUT2D eigenvalue weighted by atomic mass is 16.3. The number of nitrogens with zero attached hydrogens (tertiary/aromatic N) is 3. The number of rotatable bonds is 6. The van der Waals surface area contributed by atoms with Crippen molar-refractivity contribution < 1.29 is 9.90 Å². The quantitative estimate of drug-likeness (QED) is 0.342. The fraction of sp³-hybridized carbons (Fsp3) is 0.533. The number of hydrogen-bond acceptors (Lipinski definition) is 8. The van der Waals surface area contributed by atoms with E-state index in [0.29, 0.717) is 17.3 Å². The highest BCUT2D eigenvalue weighted by molar-refractivity contribution is 6.06. The van der Waals surface area contributed by atoms with Crippen LogP contribution in [-0.2, 0) is 0 Å². The second-order valence-corrected chi connectivity index (χ2v) is 11.8. The van der Waals surface area contributed by atoms with Crippen LogP contribution in [0.15, 0.2) is 27.8 Å². The zero-order valence-corrected chi connectivity index (χ0v) is 23.8. The monoisotopic (exact) mass is 548 g/mol. The molecule has 2 fully saturated rings. The zero-order valence-electron chi connectivity index (χ0n) is 23.8. The molecule has 1 amide bonds. The standard InChI is InChI=1S/C30H40N6O4/c1-35(2)19-9-5-17(6-10-19)31-16-22-24(38)15-25(39)29-27(22)34-28-23(37)14-13-21(26(28)33-29)30(40)32-18-7-11-20(12-8-18)36(3)4/h13-20,31,33,38H,5-12H2,1-4H3,(H,32,40)/b22-16-. The van der Waals surface area contributed by atoms with Crippen molar-refractivity contribution in [3.8, 4) is 5.75 Å². The Morgan fingerprint density at radius 3 is 2.08 bits per heavy atom. The van der Waals surface area contributed by atoms with E-state index >= 15 is 0 Å². The number of phenolic OH excluding ortho intramolecular Hbond substituents is 1. The topological polar surface area (TPSA) is 131 Å². The van der Waals surface area contributed by atoms with Crippen LogP contribution in [0.1, 0.15) is 61.7 Å². The van der Waals surface area contributed by atoms with Crippen LogP contribution in [0.3, 0.4) is 0 Å². The highest BCUT2D eigenvalue weighted by Crippen LogP contribution is 2.23. The van der Waals surface area contributed by atoms with E-state index in [0.717, 1.165) is 57.4 Å². The summed E-state index contributed by atoms with van der Waals surface area (Å²) in [4.78, 5) is 51.2. The molecule has 2 aliphatic carbocycles. The number of H-pyrrole nitrogens is 1. The molecule has 0 unspecified atom stereocenters. The highest BCUT2D eigenvalue weighted by Gasteiger charge is 2.25. The van der Waals surface area contributed by atoms with Crippen molar-refractivity contribution in [1.29, 1.82) is 0 Å². The third-order valence-electron chi connectivity index (χ3n) is 8.79. The van der Waals surface area contributed by atoms with Crippen LogP contribution in [0.2, 0.25) is 0 Å². The van der Waals surface area contributed by atoms with Crippen molar-refractivity contribution in [2.24, 2.45) is 0 Å². The Hall–Kier alpha value is -3.50. The molecule has 40 heavy (non-hydrogen) atoms. The van der Waals surface area contributed by atoms with Gasteiger partial charge in [0.25, 0.3) is 5.91 Å². The molecule has 1 heterocycles. The molecule has 10 nitrogen and oxygen atoms in total. The molecule has 0 radical (unpaired) electrons. The lowest BCUT2D eigenvalue weighted by molar-refractivity contribution is 0.0917. The van der Waals surface area contributed by atoms with E-state index < -0.39 is 5.43 Å². The molecule has 214 valence electrons. The van der Waals surface area contributed by atoms with Crippen LogP contribution >= 0.6 is 0 Å². The predicted molar refractivity (Wildman–Crippen MR) is 158 cm³/mol. The van der Waals surface area contributed by atoms with Crippen molar-refractivity contribution in [1.82, 2.24) is 30.4 Å². The second kappa shape index (κ2) is 11.5. The zero-order chi connectivity index (χ0) is 28.6. The van der Waals surface area contributed by atoms with Gasteiger partial charge in [0.05, 0.1) is 16.3 Å². The first-order valence-corrected chi connectivity index (χ1v) is 14.2. The van der Waals surface area contributed by atoms with Crippen LogP contribution in [0.5, 0.6) is 5.75 Å². The summed E-state index contributed by atoms with van der Waals surface area (Å²) in [5.74, 6) is -0.509. The third kappa shape index (κ3) is 5.69. The SMILES string of the molecule is CN(C)C1CCC(N/C=c2/c(O)cc(=O)c3[nH]c4c(C(=O)NC5CCC(N(C)C)CC5)ccc(=O)c4nc23)CC1. The summed E-state index contributed by atoms with van der Waals surface area (Å²) >= 11 is 0. The molecule has 0 atom stereocenters. The van der Waals surface area contributed by atoms with Gasteiger partial charge in [-0.25, -0.2) is 4.98 Å². The van der Waals surface area contributed by atoms with E-state index in [-0.39, 0.29) is 56.8 Å². The van der Waals surface area contributed by atoms with Gasteiger partial charge in [0, 0.05) is 36.4 Å². The summed E-state index contributed by atoms with van der Waals surface area (Å²) in [6.07, 6.45) is 9.57. The molecule has 0 spiro atoms. The molecule has 0 bridgehead atoms. The van der Waals surface area contributed by atoms with E-state index in [4.69, 9.17) is 0 Å². The Labute approximate surface area is 233 Å². The van der Waals surface area contributed by atoms with Gasteiger partial charge in [0.2, 0.25) is 10.9 Å². The third-order valence-corrected chi connectivity index (χ3v) is 8.79. The molecule has 3 aromatic rings. The maximum atomic E-state index is 13.3. The van der Waals surface area contributed by atoms with Crippen molar-refractivity contribution in [2.45, 2.75) is 75.5 Å². The predicted octanol–water partition coefficient (Wildman–Crippen LogP) is 1.66. The van der Waals surface area contributed by atoms with E-state index in [2.05, 4.69) is 58.6 Å². The maximum absolute atomic E-state index is 13.3. The van der Waals surface area contributed by atoms with Crippen LogP contribution in [0.25, 0.3) is 28.3 Å². The minimum Gasteiger partial charge on any atom is -0.507 e. The number of carbonyl (C=O) groups is 1. The Kier molecular flexibility index (Phi) is 8.09. The molecule has 5 rings (SSSR count). The number of aromatic amines is 1. The minimum absolute atomic E-state index is 0.0474. The number of carbonyl (C=O) groups excluding carboxylic acids is 1. The van der Waals surface area contributed by atoms with E-state index in [9.17, 15) is 19.5 Å². The van der Waals surface area contributed by atoms with Crippen LogP contribution in [-0.4, -0.2) is 83.1 Å². The average molecular weight is 549 g/mol. The molecule has 0 aliphatic heterocycles. The van der Waals surface area contributed by atoms with Gasteiger partial charge in [-0.1, -0.05) is 0 Å². The summed E-state index contributed by atoms with van der Waals surface area (Å²) in [6.45, 7) is 0. The molecule has 4 N–H and O–H groups in total. The number of hydrogen-bond donors (Lipinski definition) is 4. The van der Waals surface area contributed by atoms with Crippen molar-refractivity contribution >= 4 is 34.2 Å². The summed E-state index contributed by atoms with van der Waals surface area (Å²) in [6, 6.07) is 5.32. The minimum atomic E-state index is -0.463. The van der Waals surface area contributed by atoms with Gasteiger partial charge in [-0.05, 0) is 91.7 Å². The average Bonchev–Trinajstić information content (AvgIpc) is 2.93. The molecule has 10 heteroatoms. The molecular weight excluding hydrogens is 508 g/mol. The van der Waals surface area contributed by atoms with E-state index in [1.807, 2.05) is 0 Å². The number of aromatic hydroxyl groups is 1. The van der Waals surface area contributed by atoms with Gasteiger partial charge in [0.1, 0.15) is 22.3 Å². The van der Waals surface area contributed by atoms with Gasteiger partial charge in [0.15, 0.2) is 0 Å². The molecule has 2 saturated carbocycles. The maximum Gasteiger partial charge on any atom is 0.253 e. The Morgan fingerprint density at radius 1 is 0.875 bits per heavy atom. The molecular formula is C30H40N6O4. The normalized spacial score (nSPS) is 24.2. The number of nitrogens with one attached hydrogen (secondary N) is 3. The van der Waals surface area contributed by atoms with Gasteiger partial charge >= 0.3 is 0 Å².